The van der Waals surface area contributed by atoms with E-state index in [0.717, 1.165) is 18.1 Å². The summed E-state index contributed by atoms with van der Waals surface area (Å²) in [4.78, 5) is 11.5. The van der Waals surface area contributed by atoms with Crippen molar-refractivity contribution in [1.82, 2.24) is 20.2 Å². The van der Waals surface area contributed by atoms with Gasteiger partial charge in [0.1, 0.15) is 5.82 Å². The Hall–Kier alpha value is -1.00. The van der Waals surface area contributed by atoms with Gasteiger partial charge in [0, 0.05) is 17.3 Å². The molecule has 0 aliphatic carbocycles. The summed E-state index contributed by atoms with van der Waals surface area (Å²) in [6, 6.07) is 2.15. The number of aromatic nitrogens is 2. The lowest BCUT2D eigenvalue weighted by molar-refractivity contribution is 0.253. The molecule has 0 atom stereocenters. The second-order valence-corrected chi connectivity index (χ2v) is 4.96. The maximum atomic E-state index is 4.68. The average molecular weight is 234 g/mol. The molecule has 17 heavy (non-hydrogen) atoms. The van der Waals surface area contributed by atoms with Gasteiger partial charge in [-0.25, -0.2) is 9.97 Å². The highest BCUT2D eigenvalue weighted by Crippen LogP contribution is 2.26. The molecule has 0 radical (unpaired) electrons. The average Bonchev–Trinajstić information content (AvgIpc) is 2.29. The molecule has 0 unspecified atom stereocenters. The topological polar surface area (TPSA) is 41.1 Å². The van der Waals surface area contributed by atoms with Gasteiger partial charge in [0.05, 0.1) is 6.54 Å². The Bertz CT molecular complexity index is 370. The summed E-state index contributed by atoms with van der Waals surface area (Å²) in [6.45, 7) is 5.16. The second-order valence-electron chi connectivity index (χ2n) is 4.96. The third-order valence-corrected chi connectivity index (χ3v) is 3.39. The van der Waals surface area contributed by atoms with Crippen molar-refractivity contribution in [2.45, 2.75) is 32.2 Å². The number of likely N-dealkylation sites (tertiary alicyclic amines) is 1. The van der Waals surface area contributed by atoms with E-state index in [1.807, 2.05) is 7.05 Å². The molecule has 2 heterocycles. The summed E-state index contributed by atoms with van der Waals surface area (Å²) in [5.74, 6) is 1.53. The van der Waals surface area contributed by atoms with Gasteiger partial charge in [-0.2, -0.15) is 0 Å². The highest BCUT2D eigenvalue weighted by Gasteiger charge is 2.20. The summed E-state index contributed by atoms with van der Waals surface area (Å²) in [5.41, 5.74) is 2.31. The van der Waals surface area contributed by atoms with Crippen LogP contribution < -0.4 is 5.32 Å². The van der Waals surface area contributed by atoms with Crippen molar-refractivity contribution >= 4 is 0 Å². The van der Waals surface area contributed by atoms with E-state index >= 15 is 0 Å². The predicted molar refractivity (Wildman–Crippen MR) is 69.0 cm³/mol. The van der Waals surface area contributed by atoms with Gasteiger partial charge in [0.2, 0.25) is 0 Å². The summed E-state index contributed by atoms with van der Waals surface area (Å²) >= 11 is 0. The zero-order chi connectivity index (χ0) is 12.3. The van der Waals surface area contributed by atoms with E-state index in [9.17, 15) is 0 Å². The molecule has 94 valence electrons. The van der Waals surface area contributed by atoms with E-state index in [0.29, 0.717) is 5.92 Å². The van der Waals surface area contributed by atoms with Gasteiger partial charge in [-0.15, -0.1) is 0 Å². The van der Waals surface area contributed by atoms with Crippen LogP contribution in [0.3, 0.4) is 0 Å². The minimum absolute atomic E-state index is 0.614. The number of hydrogen-bond acceptors (Lipinski definition) is 4. The van der Waals surface area contributed by atoms with Crippen LogP contribution in [0.25, 0.3) is 0 Å². The van der Waals surface area contributed by atoms with E-state index in [2.05, 4.69) is 40.2 Å². The fourth-order valence-corrected chi connectivity index (χ4v) is 2.41. The summed E-state index contributed by atoms with van der Waals surface area (Å²) in [7, 11) is 4.12. The van der Waals surface area contributed by atoms with Gasteiger partial charge in [0.15, 0.2) is 0 Å². The molecule has 0 spiro atoms. The van der Waals surface area contributed by atoms with Crippen LogP contribution in [0.5, 0.6) is 0 Å². The Morgan fingerprint density at radius 3 is 2.71 bits per heavy atom. The fraction of sp³-hybridized carbons (Fsp3) is 0.692. The van der Waals surface area contributed by atoms with Crippen LogP contribution in [-0.2, 0) is 6.54 Å². The van der Waals surface area contributed by atoms with E-state index < -0.39 is 0 Å². The molecule has 4 heteroatoms. The van der Waals surface area contributed by atoms with Crippen LogP contribution in [0.2, 0.25) is 0 Å². The van der Waals surface area contributed by atoms with E-state index in [1.54, 1.807) is 0 Å². The third kappa shape index (κ3) is 3.23. The molecule has 1 N–H and O–H groups in total. The maximum Gasteiger partial charge on any atom is 0.142 e. The second kappa shape index (κ2) is 5.56. The highest BCUT2D eigenvalue weighted by molar-refractivity contribution is 5.15. The van der Waals surface area contributed by atoms with Crippen LogP contribution in [0.4, 0.5) is 0 Å². The van der Waals surface area contributed by atoms with Crippen molar-refractivity contribution in [1.29, 1.82) is 0 Å². The maximum absolute atomic E-state index is 4.68. The van der Waals surface area contributed by atoms with Gasteiger partial charge < -0.3 is 10.2 Å². The van der Waals surface area contributed by atoms with Crippen molar-refractivity contribution < 1.29 is 0 Å². The van der Waals surface area contributed by atoms with Crippen molar-refractivity contribution in [2.24, 2.45) is 0 Å². The van der Waals surface area contributed by atoms with Crippen LogP contribution in [0.15, 0.2) is 6.07 Å². The lowest BCUT2D eigenvalue weighted by Gasteiger charge is -2.28. The molecule has 0 aromatic carbocycles. The molecular formula is C13H22N4. The zero-order valence-corrected chi connectivity index (χ0v) is 11.0. The molecule has 1 aliphatic rings. The number of aryl methyl sites for hydroxylation is 1. The van der Waals surface area contributed by atoms with Crippen molar-refractivity contribution in [2.75, 3.05) is 27.2 Å². The van der Waals surface area contributed by atoms with Crippen LogP contribution in [0, 0.1) is 6.92 Å². The highest BCUT2D eigenvalue weighted by atomic mass is 15.1. The number of nitrogens with zero attached hydrogens (tertiary/aromatic N) is 3. The van der Waals surface area contributed by atoms with E-state index in [-0.39, 0.29) is 0 Å². The Kier molecular flexibility index (Phi) is 4.07. The smallest absolute Gasteiger partial charge is 0.142 e. The van der Waals surface area contributed by atoms with Crippen molar-refractivity contribution in [3.63, 3.8) is 0 Å². The molecule has 0 saturated carbocycles. The lowest BCUT2D eigenvalue weighted by Crippen LogP contribution is -2.29. The normalized spacial score (nSPS) is 18.5. The Labute approximate surface area is 103 Å². The van der Waals surface area contributed by atoms with Crippen molar-refractivity contribution in [3.05, 3.63) is 23.3 Å². The summed E-state index contributed by atoms with van der Waals surface area (Å²) < 4.78 is 0. The molecule has 2 rings (SSSR count). The van der Waals surface area contributed by atoms with Crippen LogP contribution in [-0.4, -0.2) is 42.1 Å². The van der Waals surface area contributed by atoms with Gasteiger partial charge in [0.25, 0.3) is 0 Å². The Balaban J connectivity index is 2.14. The number of nitrogens with one attached hydrogen (secondary N) is 1. The van der Waals surface area contributed by atoms with Gasteiger partial charge in [-0.1, -0.05) is 0 Å². The zero-order valence-electron chi connectivity index (χ0n) is 11.0. The predicted octanol–water partition coefficient (Wildman–Crippen LogP) is 1.31. The van der Waals surface area contributed by atoms with Gasteiger partial charge >= 0.3 is 0 Å². The minimum atomic E-state index is 0.614. The number of hydrogen-bond donors (Lipinski definition) is 1. The standard InChI is InChI=1S/C13H22N4/c1-10-8-12(16-13(15-10)9-14-2)11-4-6-17(3)7-5-11/h8,11,14H,4-7,9H2,1-3H3. The largest absolute Gasteiger partial charge is 0.313 e. The SMILES string of the molecule is CNCc1nc(C)cc(C2CCN(C)CC2)n1. The minimum Gasteiger partial charge on any atom is -0.313 e. The fourth-order valence-electron chi connectivity index (χ4n) is 2.41. The first-order valence-corrected chi connectivity index (χ1v) is 6.36. The summed E-state index contributed by atoms with van der Waals surface area (Å²) in [6.07, 6.45) is 2.43. The Morgan fingerprint density at radius 2 is 2.06 bits per heavy atom. The Morgan fingerprint density at radius 1 is 1.35 bits per heavy atom. The van der Waals surface area contributed by atoms with Gasteiger partial charge in [-0.05, 0) is 53.0 Å². The van der Waals surface area contributed by atoms with Crippen LogP contribution >= 0.6 is 0 Å². The molecule has 1 aliphatic heterocycles. The van der Waals surface area contributed by atoms with E-state index in [4.69, 9.17) is 0 Å². The first kappa shape index (κ1) is 12.5. The first-order valence-electron chi connectivity index (χ1n) is 6.36. The molecular weight excluding hydrogens is 212 g/mol. The monoisotopic (exact) mass is 234 g/mol. The molecule has 1 aromatic heterocycles. The molecule has 1 saturated heterocycles. The molecule has 1 fully saturated rings. The lowest BCUT2D eigenvalue weighted by atomic mass is 9.93. The third-order valence-electron chi connectivity index (χ3n) is 3.39. The molecule has 0 amide bonds. The van der Waals surface area contributed by atoms with Crippen molar-refractivity contribution in [3.8, 4) is 0 Å². The number of piperidine rings is 1. The molecule has 0 bridgehead atoms. The van der Waals surface area contributed by atoms with Gasteiger partial charge in [-0.3, -0.25) is 0 Å². The number of rotatable bonds is 3. The molecule has 1 aromatic rings. The van der Waals surface area contributed by atoms with Crippen LogP contribution in [0.1, 0.15) is 36.0 Å². The first-order chi connectivity index (χ1) is 8.19. The van der Waals surface area contributed by atoms with E-state index in [1.165, 1.54) is 31.6 Å². The summed E-state index contributed by atoms with van der Waals surface area (Å²) in [5, 5.41) is 3.12. The molecule has 4 nitrogen and oxygen atoms in total. The quantitative estimate of drug-likeness (QED) is 0.856.